The number of nitrogens with zero attached hydrogens (tertiary/aromatic N) is 3. The molecule has 0 bridgehead atoms. The molecule has 2 aliphatic heterocycles. The van der Waals surface area contributed by atoms with Crippen LogP contribution in [0.1, 0.15) is 33.7 Å². The molecule has 2 aromatic rings. The Hall–Kier alpha value is -1.85. The normalized spacial score (nSPS) is 23.7. The molecule has 3 aliphatic rings. The average Bonchev–Trinajstić information content (AvgIpc) is 3.35. The lowest BCUT2D eigenvalue weighted by atomic mass is 10.0. The van der Waals surface area contributed by atoms with Crippen molar-refractivity contribution in [1.29, 1.82) is 0 Å². The Balaban J connectivity index is 0.00000168. The van der Waals surface area contributed by atoms with Crippen LogP contribution in [0.15, 0.2) is 24.3 Å². The van der Waals surface area contributed by atoms with Crippen molar-refractivity contribution in [2.24, 2.45) is 11.8 Å². The van der Waals surface area contributed by atoms with Crippen LogP contribution in [0.5, 0.6) is 0 Å². The number of carbonyl (C=O) groups excluding carboxylic acids is 1. The van der Waals surface area contributed by atoms with Crippen molar-refractivity contribution in [3.05, 3.63) is 46.8 Å². The predicted octanol–water partition coefficient (Wildman–Crippen LogP) is 2.38. The molecule has 1 N–H and O–H groups in total. The summed E-state index contributed by atoms with van der Waals surface area (Å²) in [5, 5.41) is 8.25. The van der Waals surface area contributed by atoms with Gasteiger partial charge in [-0.1, -0.05) is 18.2 Å². The Bertz CT molecular complexity index is 834. The summed E-state index contributed by atoms with van der Waals surface area (Å²) in [6.07, 6.45) is 3.11. The first-order chi connectivity index (χ1) is 12.2. The Kier molecular flexibility index (Phi) is 4.53. The Morgan fingerprint density at radius 2 is 1.88 bits per heavy atom. The van der Waals surface area contributed by atoms with Crippen molar-refractivity contribution in [3.8, 4) is 5.69 Å². The van der Waals surface area contributed by atoms with Crippen LogP contribution in [0.25, 0.3) is 5.69 Å². The summed E-state index contributed by atoms with van der Waals surface area (Å²) in [5.74, 6) is 1.38. The van der Waals surface area contributed by atoms with Crippen LogP contribution in [0.2, 0.25) is 0 Å². The summed E-state index contributed by atoms with van der Waals surface area (Å²) in [4.78, 5) is 15.2. The van der Waals surface area contributed by atoms with Crippen molar-refractivity contribution >= 4 is 18.3 Å². The zero-order valence-electron chi connectivity index (χ0n) is 15.1. The average molecular weight is 373 g/mol. The first-order valence-electron chi connectivity index (χ1n) is 9.39. The summed E-state index contributed by atoms with van der Waals surface area (Å²) in [6.45, 7) is 5.95. The highest BCUT2D eigenvalue weighted by Crippen LogP contribution is 2.32. The molecule has 1 aromatic carbocycles. The van der Waals surface area contributed by atoms with E-state index in [-0.39, 0.29) is 18.3 Å². The number of likely N-dealkylation sites (tertiary alicyclic amines) is 1. The van der Waals surface area contributed by atoms with Gasteiger partial charge in [0.25, 0.3) is 5.91 Å². The molecule has 2 atom stereocenters. The van der Waals surface area contributed by atoms with Gasteiger partial charge in [0.05, 0.1) is 5.69 Å². The van der Waals surface area contributed by atoms with Crippen LogP contribution in [0.3, 0.4) is 0 Å². The van der Waals surface area contributed by atoms with Crippen LogP contribution < -0.4 is 5.32 Å². The number of hydrogen-bond donors (Lipinski definition) is 1. The number of rotatable bonds is 2. The molecule has 5 nitrogen and oxygen atoms in total. The smallest absolute Gasteiger partial charge is 0.274 e. The van der Waals surface area contributed by atoms with E-state index in [0.29, 0.717) is 17.5 Å². The number of halogens is 1. The molecule has 1 aliphatic carbocycles. The predicted molar refractivity (Wildman–Crippen MR) is 103 cm³/mol. The van der Waals surface area contributed by atoms with Gasteiger partial charge in [0.1, 0.15) is 0 Å². The number of para-hydroxylation sites is 1. The molecule has 0 saturated carbocycles. The van der Waals surface area contributed by atoms with Crippen molar-refractivity contribution in [3.63, 3.8) is 0 Å². The van der Waals surface area contributed by atoms with Gasteiger partial charge in [-0.15, -0.1) is 12.4 Å². The van der Waals surface area contributed by atoms with Crippen LogP contribution in [-0.2, 0) is 12.8 Å². The van der Waals surface area contributed by atoms with E-state index in [9.17, 15) is 4.79 Å². The second-order valence-corrected chi connectivity index (χ2v) is 7.71. The van der Waals surface area contributed by atoms with Gasteiger partial charge in [0, 0.05) is 37.4 Å². The maximum Gasteiger partial charge on any atom is 0.274 e. The highest BCUT2D eigenvalue weighted by Gasteiger charge is 2.40. The minimum Gasteiger partial charge on any atom is -0.337 e. The standard InChI is InChI=1S/C20H24N4O.ClH/c1-13-5-2-3-7-17(13)24-18-8-4-6-16(18)19(22-24)20(25)23-11-14-9-21-10-15(14)12-23;/h2-3,5,7,14-15,21H,4,6,8-12H2,1H3;1H/t14-,15+;. The fourth-order valence-corrected chi connectivity index (χ4v) is 4.78. The molecule has 2 saturated heterocycles. The Morgan fingerprint density at radius 3 is 2.62 bits per heavy atom. The van der Waals surface area contributed by atoms with Crippen molar-refractivity contribution < 1.29 is 4.79 Å². The molecule has 0 unspecified atom stereocenters. The van der Waals surface area contributed by atoms with Crippen LogP contribution >= 0.6 is 12.4 Å². The fourth-order valence-electron chi connectivity index (χ4n) is 4.78. The second kappa shape index (κ2) is 6.71. The minimum atomic E-state index is 0. The summed E-state index contributed by atoms with van der Waals surface area (Å²) in [6, 6.07) is 8.29. The summed E-state index contributed by atoms with van der Waals surface area (Å²) in [7, 11) is 0. The first kappa shape index (κ1) is 17.6. The fraction of sp³-hybridized carbons (Fsp3) is 0.500. The quantitative estimate of drug-likeness (QED) is 0.880. The van der Waals surface area contributed by atoms with Gasteiger partial charge in [-0.2, -0.15) is 5.10 Å². The van der Waals surface area contributed by atoms with E-state index < -0.39 is 0 Å². The molecule has 1 aromatic heterocycles. The molecule has 2 fully saturated rings. The lowest BCUT2D eigenvalue weighted by Gasteiger charge is -2.16. The Labute approximate surface area is 160 Å². The monoisotopic (exact) mass is 372 g/mol. The van der Waals surface area contributed by atoms with E-state index in [2.05, 4.69) is 24.4 Å². The third kappa shape index (κ3) is 2.65. The number of aryl methyl sites for hydroxylation is 1. The molecular weight excluding hydrogens is 348 g/mol. The molecule has 138 valence electrons. The van der Waals surface area contributed by atoms with E-state index in [1.807, 2.05) is 21.7 Å². The molecular formula is C20H25ClN4O. The molecule has 0 radical (unpaired) electrons. The van der Waals surface area contributed by atoms with Crippen molar-refractivity contribution in [2.45, 2.75) is 26.2 Å². The zero-order chi connectivity index (χ0) is 17.0. The molecule has 1 amide bonds. The number of hydrogen-bond acceptors (Lipinski definition) is 3. The molecule has 26 heavy (non-hydrogen) atoms. The lowest BCUT2D eigenvalue weighted by molar-refractivity contribution is 0.0774. The maximum atomic E-state index is 13.2. The number of benzene rings is 1. The van der Waals surface area contributed by atoms with Gasteiger partial charge in [-0.25, -0.2) is 4.68 Å². The highest BCUT2D eigenvalue weighted by molar-refractivity contribution is 5.94. The SMILES string of the molecule is Cc1ccccc1-n1nc(C(=O)N2C[C@H]3CNC[C@H]3C2)c2c1CCC2.Cl. The number of carbonyl (C=O) groups is 1. The highest BCUT2D eigenvalue weighted by atomic mass is 35.5. The minimum absolute atomic E-state index is 0. The van der Waals surface area contributed by atoms with Crippen LogP contribution in [0.4, 0.5) is 0 Å². The van der Waals surface area contributed by atoms with Gasteiger partial charge >= 0.3 is 0 Å². The number of fused-ring (bicyclic) bond motifs is 2. The van der Waals surface area contributed by atoms with Crippen LogP contribution in [-0.4, -0.2) is 46.8 Å². The molecule has 5 rings (SSSR count). The van der Waals surface area contributed by atoms with E-state index in [0.717, 1.165) is 51.1 Å². The molecule has 3 heterocycles. The van der Waals surface area contributed by atoms with Gasteiger partial charge in [-0.3, -0.25) is 4.79 Å². The van der Waals surface area contributed by atoms with E-state index in [1.54, 1.807) is 0 Å². The number of nitrogens with one attached hydrogen (secondary N) is 1. The summed E-state index contributed by atoms with van der Waals surface area (Å²) in [5.41, 5.74) is 5.41. The molecule has 0 spiro atoms. The third-order valence-corrected chi connectivity index (χ3v) is 6.15. The third-order valence-electron chi connectivity index (χ3n) is 6.15. The first-order valence-corrected chi connectivity index (χ1v) is 9.39. The summed E-state index contributed by atoms with van der Waals surface area (Å²) >= 11 is 0. The largest absolute Gasteiger partial charge is 0.337 e. The van der Waals surface area contributed by atoms with Gasteiger partial charge in [0.15, 0.2) is 5.69 Å². The summed E-state index contributed by atoms with van der Waals surface area (Å²) < 4.78 is 2.03. The topological polar surface area (TPSA) is 50.2 Å². The van der Waals surface area contributed by atoms with Gasteiger partial charge < -0.3 is 10.2 Å². The van der Waals surface area contributed by atoms with Crippen LogP contribution in [0, 0.1) is 18.8 Å². The van der Waals surface area contributed by atoms with Crippen molar-refractivity contribution in [1.82, 2.24) is 20.0 Å². The van der Waals surface area contributed by atoms with E-state index in [1.165, 1.54) is 16.8 Å². The van der Waals surface area contributed by atoms with Gasteiger partial charge in [-0.05, 0) is 49.7 Å². The van der Waals surface area contributed by atoms with E-state index >= 15 is 0 Å². The van der Waals surface area contributed by atoms with E-state index in [4.69, 9.17) is 5.10 Å². The maximum absolute atomic E-state index is 13.2. The molecule has 6 heteroatoms. The Morgan fingerprint density at radius 1 is 1.15 bits per heavy atom. The number of aromatic nitrogens is 2. The zero-order valence-corrected chi connectivity index (χ0v) is 15.9. The van der Waals surface area contributed by atoms with Crippen molar-refractivity contribution in [2.75, 3.05) is 26.2 Å². The number of amides is 1. The van der Waals surface area contributed by atoms with Gasteiger partial charge in [0.2, 0.25) is 0 Å². The second-order valence-electron chi connectivity index (χ2n) is 7.71. The lowest BCUT2D eigenvalue weighted by Crippen LogP contribution is -2.32.